The van der Waals surface area contributed by atoms with E-state index in [9.17, 15) is 4.79 Å². The van der Waals surface area contributed by atoms with Crippen LogP contribution < -0.4 is 10.6 Å². The molecule has 2 aliphatic rings. The van der Waals surface area contributed by atoms with Gasteiger partial charge < -0.3 is 5.32 Å². The molecule has 1 saturated heterocycles. The highest BCUT2D eigenvalue weighted by Gasteiger charge is 2.45. The molecule has 2 fully saturated rings. The number of carbonyl (C=O) groups excluding carboxylic acids is 1. The number of nitrogens with one attached hydrogen (secondary N) is 2. The molecule has 0 bridgehead atoms. The minimum Gasteiger partial charge on any atom is -0.354 e. The van der Waals surface area contributed by atoms with E-state index in [-0.39, 0.29) is 24.4 Å². The Morgan fingerprint density at radius 2 is 2.25 bits per heavy atom. The number of amides is 1. The molecule has 0 aromatic carbocycles. The average molecular weight is 265 g/mol. The Bertz CT molecular complexity index is 250. The lowest BCUT2D eigenvalue weighted by Crippen LogP contribution is -2.44. The molecule has 0 aromatic heterocycles. The lowest BCUT2D eigenvalue weighted by Gasteiger charge is -2.21. The summed E-state index contributed by atoms with van der Waals surface area (Å²) in [4.78, 5) is 11.8. The molecule has 3 nitrogen and oxygen atoms in total. The molecular weight excluding hydrogens is 244 g/mol. The van der Waals surface area contributed by atoms with Crippen molar-refractivity contribution in [3.05, 3.63) is 0 Å². The van der Waals surface area contributed by atoms with Crippen molar-refractivity contribution in [2.24, 2.45) is 11.3 Å². The van der Waals surface area contributed by atoms with Crippen LogP contribution in [0.25, 0.3) is 0 Å². The first kappa shape index (κ1) is 14.1. The summed E-state index contributed by atoms with van der Waals surface area (Å²) < 4.78 is 0. The number of carbonyl (C=O) groups is 1. The molecule has 16 heavy (non-hydrogen) atoms. The van der Waals surface area contributed by atoms with Crippen molar-refractivity contribution in [1.29, 1.82) is 0 Å². The van der Waals surface area contributed by atoms with Gasteiger partial charge in [-0.2, -0.15) is 0 Å². The van der Waals surface area contributed by atoms with E-state index in [0.717, 1.165) is 18.2 Å². The second kappa shape index (κ2) is 5.61. The monoisotopic (exact) mass is 264 g/mol. The van der Waals surface area contributed by atoms with Crippen molar-refractivity contribution in [3.8, 4) is 0 Å². The number of rotatable bonds is 4. The van der Waals surface area contributed by atoms with Crippen LogP contribution >= 0.6 is 24.2 Å². The Labute approximate surface area is 108 Å². The zero-order valence-electron chi connectivity index (χ0n) is 9.91. The molecule has 0 radical (unpaired) electrons. The highest BCUT2D eigenvalue weighted by atomic mass is 35.5. The van der Waals surface area contributed by atoms with E-state index in [1.807, 2.05) is 0 Å². The molecular formula is C11H21ClN2OS. The van der Waals surface area contributed by atoms with Crippen LogP contribution in [0.4, 0.5) is 0 Å². The summed E-state index contributed by atoms with van der Waals surface area (Å²) in [7, 11) is 0. The van der Waals surface area contributed by atoms with Gasteiger partial charge in [0, 0.05) is 18.2 Å². The highest BCUT2D eigenvalue weighted by molar-refractivity contribution is 7.99. The number of hydrogen-bond acceptors (Lipinski definition) is 3. The molecule has 1 saturated carbocycles. The normalized spacial score (nSPS) is 26.3. The van der Waals surface area contributed by atoms with Gasteiger partial charge in [0.2, 0.25) is 5.91 Å². The number of hydrogen-bond donors (Lipinski definition) is 2. The van der Waals surface area contributed by atoms with Crippen molar-refractivity contribution < 1.29 is 4.79 Å². The quantitative estimate of drug-likeness (QED) is 0.811. The maximum atomic E-state index is 11.8. The lowest BCUT2D eigenvalue weighted by atomic mass is 9.92. The smallest absolute Gasteiger partial charge is 0.238 e. The van der Waals surface area contributed by atoms with Gasteiger partial charge in [0.25, 0.3) is 0 Å². The standard InChI is InChI=1S/C11H20N2OS.ClH/c1-8(2)11(3-4-11)6-12-10(14)9-5-15-7-13-9;/h8-9,13H,3-7H2,1-2H3,(H,12,14);1H/t9-;/m1./s1. The van der Waals surface area contributed by atoms with Crippen LogP contribution in [0.1, 0.15) is 26.7 Å². The van der Waals surface area contributed by atoms with E-state index in [2.05, 4.69) is 24.5 Å². The molecule has 2 N–H and O–H groups in total. The van der Waals surface area contributed by atoms with Gasteiger partial charge in [-0.25, -0.2) is 0 Å². The minimum absolute atomic E-state index is 0. The second-order valence-electron chi connectivity index (χ2n) is 5.01. The second-order valence-corrected chi connectivity index (χ2v) is 6.04. The Balaban J connectivity index is 0.00000128. The van der Waals surface area contributed by atoms with Crippen LogP contribution in [-0.2, 0) is 4.79 Å². The fourth-order valence-electron chi connectivity index (χ4n) is 2.07. The van der Waals surface area contributed by atoms with E-state index in [1.54, 1.807) is 11.8 Å². The third-order valence-electron chi connectivity index (χ3n) is 3.76. The maximum absolute atomic E-state index is 11.8. The van der Waals surface area contributed by atoms with E-state index in [1.165, 1.54) is 12.8 Å². The molecule has 1 aliphatic heterocycles. The van der Waals surface area contributed by atoms with Crippen molar-refractivity contribution >= 4 is 30.1 Å². The van der Waals surface area contributed by atoms with E-state index >= 15 is 0 Å². The lowest BCUT2D eigenvalue weighted by molar-refractivity contribution is -0.122. The Morgan fingerprint density at radius 1 is 1.56 bits per heavy atom. The van der Waals surface area contributed by atoms with E-state index < -0.39 is 0 Å². The number of thioether (sulfide) groups is 1. The van der Waals surface area contributed by atoms with Gasteiger partial charge in [0.1, 0.15) is 0 Å². The first-order chi connectivity index (χ1) is 7.14. The summed E-state index contributed by atoms with van der Waals surface area (Å²) in [5.74, 6) is 2.70. The third kappa shape index (κ3) is 3.05. The molecule has 1 heterocycles. The van der Waals surface area contributed by atoms with Crippen molar-refractivity contribution in [2.45, 2.75) is 32.7 Å². The minimum atomic E-state index is 0. The van der Waals surface area contributed by atoms with Crippen molar-refractivity contribution in [1.82, 2.24) is 10.6 Å². The molecule has 1 amide bonds. The summed E-state index contributed by atoms with van der Waals surface area (Å²) in [6, 6.07) is 0.0398. The van der Waals surface area contributed by atoms with Gasteiger partial charge in [-0.3, -0.25) is 10.1 Å². The van der Waals surface area contributed by atoms with Crippen LogP contribution in [0.3, 0.4) is 0 Å². The summed E-state index contributed by atoms with van der Waals surface area (Å²) in [6.07, 6.45) is 2.55. The zero-order valence-corrected chi connectivity index (χ0v) is 11.5. The molecule has 2 rings (SSSR count). The van der Waals surface area contributed by atoms with Crippen LogP contribution in [0.5, 0.6) is 0 Å². The Morgan fingerprint density at radius 3 is 2.69 bits per heavy atom. The number of halogens is 1. The molecule has 0 aromatic rings. The SMILES string of the molecule is CC(C)C1(CNC(=O)[C@H]2CSCN2)CC1.Cl. The average Bonchev–Trinajstić information content (AvgIpc) is 2.80. The molecule has 0 unspecified atom stereocenters. The van der Waals surface area contributed by atoms with Gasteiger partial charge in [0.05, 0.1) is 6.04 Å². The highest BCUT2D eigenvalue weighted by Crippen LogP contribution is 2.51. The van der Waals surface area contributed by atoms with Crippen LogP contribution in [0.2, 0.25) is 0 Å². The Hall–Kier alpha value is 0.0700. The predicted molar refractivity (Wildman–Crippen MR) is 71.0 cm³/mol. The van der Waals surface area contributed by atoms with Crippen molar-refractivity contribution in [3.63, 3.8) is 0 Å². The third-order valence-corrected chi connectivity index (χ3v) is 4.70. The summed E-state index contributed by atoms with van der Waals surface area (Å²) in [6.45, 7) is 5.37. The predicted octanol–water partition coefficient (Wildman–Crippen LogP) is 1.62. The van der Waals surface area contributed by atoms with Crippen molar-refractivity contribution in [2.75, 3.05) is 18.2 Å². The van der Waals surface area contributed by atoms with Gasteiger partial charge in [-0.15, -0.1) is 24.2 Å². The topological polar surface area (TPSA) is 41.1 Å². The zero-order chi connectivity index (χ0) is 10.9. The fourth-order valence-corrected chi connectivity index (χ4v) is 3.01. The molecule has 1 atom stereocenters. The molecule has 1 aliphatic carbocycles. The van der Waals surface area contributed by atoms with Crippen LogP contribution in [0, 0.1) is 11.3 Å². The summed E-state index contributed by atoms with van der Waals surface area (Å²) in [5.41, 5.74) is 0.418. The first-order valence-electron chi connectivity index (χ1n) is 5.73. The molecule has 94 valence electrons. The van der Waals surface area contributed by atoms with E-state index in [4.69, 9.17) is 0 Å². The largest absolute Gasteiger partial charge is 0.354 e. The maximum Gasteiger partial charge on any atom is 0.238 e. The molecule has 0 spiro atoms. The molecule has 5 heteroatoms. The van der Waals surface area contributed by atoms with E-state index in [0.29, 0.717) is 11.3 Å². The fraction of sp³-hybridized carbons (Fsp3) is 0.909. The first-order valence-corrected chi connectivity index (χ1v) is 6.88. The van der Waals surface area contributed by atoms with Gasteiger partial charge >= 0.3 is 0 Å². The summed E-state index contributed by atoms with van der Waals surface area (Å²) >= 11 is 1.79. The Kier molecular flexibility index (Phi) is 4.95. The van der Waals surface area contributed by atoms with Gasteiger partial charge in [-0.1, -0.05) is 13.8 Å². The van der Waals surface area contributed by atoms with Gasteiger partial charge in [-0.05, 0) is 24.2 Å². The van der Waals surface area contributed by atoms with Crippen LogP contribution in [-0.4, -0.2) is 30.1 Å². The summed E-state index contributed by atoms with van der Waals surface area (Å²) in [5, 5.41) is 6.29. The van der Waals surface area contributed by atoms with Gasteiger partial charge in [0.15, 0.2) is 0 Å². The van der Waals surface area contributed by atoms with Crippen LogP contribution in [0.15, 0.2) is 0 Å².